The van der Waals surface area contributed by atoms with E-state index in [9.17, 15) is 14.0 Å². The summed E-state index contributed by atoms with van der Waals surface area (Å²) in [6.45, 7) is 13.3. The van der Waals surface area contributed by atoms with E-state index in [1.165, 1.54) is 31.7 Å². The lowest BCUT2D eigenvalue weighted by atomic mass is 10.0. The molecule has 1 heterocycles. The van der Waals surface area contributed by atoms with Crippen LogP contribution in [0.5, 0.6) is 0 Å². The largest absolute Gasteiger partial charge is 0.354 e. The third-order valence-electron chi connectivity index (χ3n) is 5.36. The molecule has 0 saturated carbocycles. The van der Waals surface area contributed by atoms with Crippen molar-refractivity contribution in [2.45, 2.75) is 53.9 Å². The average Bonchev–Trinajstić information content (AvgIpc) is 2.91. The number of benzene rings is 2. The first-order valence-corrected chi connectivity index (χ1v) is 12.5. The van der Waals surface area contributed by atoms with Gasteiger partial charge < -0.3 is 10.6 Å². The lowest BCUT2D eigenvalue weighted by molar-refractivity contribution is -0.118. The monoisotopic (exact) mass is 516 g/mol. The van der Waals surface area contributed by atoms with E-state index in [1.807, 2.05) is 39.8 Å². The van der Waals surface area contributed by atoms with Gasteiger partial charge in [0.1, 0.15) is 11.5 Å². The second-order valence-corrected chi connectivity index (χ2v) is 8.38. The molecule has 6 nitrogen and oxygen atoms in total. The maximum Gasteiger partial charge on any atom is 0.269 e. The summed E-state index contributed by atoms with van der Waals surface area (Å²) in [6.07, 6.45) is 2.21. The number of nitrogens with one attached hydrogen (secondary N) is 2. The fourth-order valence-corrected chi connectivity index (χ4v) is 3.47. The Morgan fingerprint density at radius 2 is 1.61 bits per heavy atom. The SMILES string of the molecule is C=C(C)/C(NC(C)=O)=C(/C)CCc1ccc(CC#N)cc1.CC.CNC(=O)c1ccc2ccc(F)cc2n1. The van der Waals surface area contributed by atoms with Gasteiger partial charge in [0.25, 0.3) is 5.91 Å². The first-order valence-electron chi connectivity index (χ1n) is 12.5. The van der Waals surface area contributed by atoms with E-state index in [2.05, 4.69) is 40.4 Å². The zero-order valence-electron chi connectivity index (χ0n) is 23.1. The molecule has 0 aliphatic heterocycles. The van der Waals surface area contributed by atoms with E-state index in [0.717, 1.165) is 40.6 Å². The number of allylic oxidation sites excluding steroid dienone is 2. The van der Waals surface area contributed by atoms with Crippen LogP contribution >= 0.6 is 0 Å². The minimum atomic E-state index is -0.357. The maximum atomic E-state index is 12.9. The number of aryl methyl sites for hydroxylation is 1. The van der Waals surface area contributed by atoms with Crippen LogP contribution in [0.1, 0.15) is 62.7 Å². The molecule has 200 valence electrons. The van der Waals surface area contributed by atoms with Crippen molar-refractivity contribution in [3.05, 3.63) is 101 Å². The summed E-state index contributed by atoms with van der Waals surface area (Å²) in [5.74, 6) is -0.710. The van der Waals surface area contributed by atoms with E-state index in [0.29, 0.717) is 11.9 Å². The summed E-state index contributed by atoms with van der Waals surface area (Å²) in [5.41, 5.74) is 5.86. The second kappa shape index (κ2) is 16.4. The average molecular weight is 517 g/mol. The number of hydrogen-bond acceptors (Lipinski definition) is 4. The minimum absolute atomic E-state index is 0.0757. The molecule has 2 N–H and O–H groups in total. The van der Waals surface area contributed by atoms with Crippen molar-refractivity contribution in [3.63, 3.8) is 0 Å². The number of carbonyl (C=O) groups excluding carboxylic acids is 2. The van der Waals surface area contributed by atoms with Gasteiger partial charge in [0, 0.05) is 31.1 Å². The number of pyridine rings is 1. The Morgan fingerprint density at radius 3 is 2.16 bits per heavy atom. The van der Waals surface area contributed by atoms with Gasteiger partial charge in [0.2, 0.25) is 5.91 Å². The molecule has 3 rings (SSSR count). The molecule has 0 aliphatic rings. The molecule has 1 aromatic heterocycles. The molecule has 0 spiro atoms. The van der Waals surface area contributed by atoms with Crippen molar-refractivity contribution < 1.29 is 14.0 Å². The molecule has 7 heteroatoms. The number of amides is 2. The molecule has 2 amide bonds. The Hall–Kier alpha value is -4.31. The van der Waals surface area contributed by atoms with Gasteiger partial charge in [0.15, 0.2) is 0 Å². The topological polar surface area (TPSA) is 94.9 Å². The second-order valence-electron chi connectivity index (χ2n) is 8.38. The van der Waals surface area contributed by atoms with Crippen molar-refractivity contribution in [1.29, 1.82) is 5.26 Å². The highest BCUT2D eigenvalue weighted by Crippen LogP contribution is 2.17. The molecule has 0 aliphatic carbocycles. The van der Waals surface area contributed by atoms with Crippen LogP contribution in [0.25, 0.3) is 10.9 Å². The van der Waals surface area contributed by atoms with Crippen LogP contribution in [-0.4, -0.2) is 23.8 Å². The van der Waals surface area contributed by atoms with Gasteiger partial charge in [-0.25, -0.2) is 9.37 Å². The zero-order chi connectivity index (χ0) is 28.7. The third-order valence-corrected chi connectivity index (χ3v) is 5.36. The maximum absolute atomic E-state index is 12.9. The lowest BCUT2D eigenvalue weighted by Gasteiger charge is -2.13. The molecule has 38 heavy (non-hydrogen) atoms. The molecule has 3 aromatic rings. The van der Waals surface area contributed by atoms with Crippen LogP contribution in [0.4, 0.5) is 4.39 Å². The van der Waals surface area contributed by atoms with Crippen molar-refractivity contribution in [1.82, 2.24) is 15.6 Å². The molecular weight excluding hydrogens is 479 g/mol. The van der Waals surface area contributed by atoms with Gasteiger partial charge in [0.05, 0.1) is 18.0 Å². The molecule has 2 aromatic carbocycles. The zero-order valence-corrected chi connectivity index (χ0v) is 23.1. The van der Waals surface area contributed by atoms with Gasteiger partial charge in [-0.2, -0.15) is 5.26 Å². The predicted molar refractivity (Wildman–Crippen MR) is 152 cm³/mol. The van der Waals surface area contributed by atoms with E-state index < -0.39 is 0 Å². The summed E-state index contributed by atoms with van der Waals surface area (Å²) in [7, 11) is 1.53. The standard InChI is InChI=1S/C18H22N2O.C11H9FN2O.C2H6/c1-13(2)18(20-15(4)21)14(3)5-6-16-7-9-17(10-8-16)11-12-19;1-13-11(15)9-5-3-7-2-4-8(12)6-10(7)14-9;1-2/h7-10H,1,5-6,11H2,2-4H3,(H,20,21);2-6H,1H3,(H,13,15);1-2H3/b18-14+;;. The Balaban J connectivity index is 0.000000372. The van der Waals surface area contributed by atoms with Gasteiger partial charge in [-0.3, -0.25) is 9.59 Å². The number of rotatable bonds is 7. The quantitative estimate of drug-likeness (QED) is 0.354. The molecule has 0 saturated heterocycles. The lowest BCUT2D eigenvalue weighted by Crippen LogP contribution is -2.21. The van der Waals surface area contributed by atoms with Crippen molar-refractivity contribution in [3.8, 4) is 6.07 Å². The number of halogens is 1. The van der Waals surface area contributed by atoms with Gasteiger partial charge >= 0.3 is 0 Å². The van der Waals surface area contributed by atoms with Crippen molar-refractivity contribution in [2.75, 3.05) is 7.05 Å². The normalized spacial score (nSPS) is 10.5. The molecule has 0 atom stereocenters. The first kappa shape index (κ1) is 31.7. The predicted octanol–water partition coefficient (Wildman–Crippen LogP) is 6.43. The van der Waals surface area contributed by atoms with E-state index in [-0.39, 0.29) is 23.3 Å². The van der Waals surface area contributed by atoms with Crippen LogP contribution in [-0.2, 0) is 17.6 Å². The molecule has 0 fully saturated rings. The Labute approximate surface area is 225 Å². The number of aromatic nitrogens is 1. The van der Waals surface area contributed by atoms with Gasteiger partial charge in [-0.1, -0.05) is 50.8 Å². The summed E-state index contributed by atoms with van der Waals surface area (Å²) in [6, 6.07) is 17.9. The molecule has 0 unspecified atom stereocenters. The van der Waals surface area contributed by atoms with Gasteiger partial charge in [-0.05, 0) is 67.2 Å². The van der Waals surface area contributed by atoms with Crippen LogP contribution in [0.2, 0.25) is 0 Å². The summed E-state index contributed by atoms with van der Waals surface area (Å²) < 4.78 is 12.9. The number of nitrogens with zero attached hydrogens (tertiary/aromatic N) is 2. The van der Waals surface area contributed by atoms with Gasteiger partial charge in [-0.15, -0.1) is 0 Å². The molecular formula is C31H37FN4O2. The van der Waals surface area contributed by atoms with Crippen molar-refractivity contribution in [2.24, 2.45) is 0 Å². The molecule has 0 radical (unpaired) electrons. The number of fused-ring (bicyclic) bond motifs is 1. The summed E-state index contributed by atoms with van der Waals surface area (Å²) in [5, 5.41) is 14.8. The highest BCUT2D eigenvalue weighted by Gasteiger charge is 2.07. The number of nitriles is 1. The summed E-state index contributed by atoms with van der Waals surface area (Å²) in [4.78, 5) is 26.6. The van der Waals surface area contributed by atoms with E-state index >= 15 is 0 Å². The van der Waals surface area contributed by atoms with Crippen LogP contribution < -0.4 is 10.6 Å². The number of hydrogen-bond donors (Lipinski definition) is 2. The first-order chi connectivity index (χ1) is 18.1. The van der Waals surface area contributed by atoms with Crippen molar-refractivity contribution >= 4 is 22.7 Å². The van der Waals surface area contributed by atoms with Crippen LogP contribution in [0.15, 0.2) is 78.0 Å². The van der Waals surface area contributed by atoms with Crippen LogP contribution in [0, 0.1) is 17.1 Å². The highest BCUT2D eigenvalue weighted by atomic mass is 19.1. The smallest absolute Gasteiger partial charge is 0.269 e. The highest BCUT2D eigenvalue weighted by molar-refractivity contribution is 5.94. The van der Waals surface area contributed by atoms with E-state index in [4.69, 9.17) is 5.26 Å². The van der Waals surface area contributed by atoms with Crippen LogP contribution in [0.3, 0.4) is 0 Å². The Morgan fingerprint density at radius 1 is 1.00 bits per heavy atom. The van der Waals surface area contributed by atoms with E-state index in [1.54, 1.807) is 18.2 Å². The Bertz CT molecular complexity index is 1320. The fourth-order valence-electron chi connectivity index (χ4n) is 3.47. The summed E-state index contributed by atoms with van der Waals surface area (Å²) >= 11 is 0. The number of carbonyl (C=O) groups is 2. The third kappa shape index (κ3) is 10.4. The molecule has 0 bridgehead atoms. The Kier molecular flexibility index (Phi) is 13.7. The minimum Gasteiger partial charge on any atom is -0.354 e. The fraction of sp³-hybridized carbons (Fsp3) is 0.290.